The fourth-order valence-corrected chi connectivity index (χ4v) is 8.17. The summed E-state index contributed by atoms with van der Waals surface area (Å²) in [5, 5.41) is 7.19. The van der Waals surface area contributed by atoms with Crippen LogP contribution in [0.3, 0.4) is 0 Å². The third-order valence-electron chi connectivity index (χ3n) is 8.71. The topological polar surface area (TPSA) is 118 Å². The van der Waals surface area contributed by atoms with Gasteiger partial charge in [0, 0.05) is 41.5 Å². The van der Waals surface area contributed by atoms with Crippen LogP contribution < -0.4 is 10.6 Å². The highest BCUT2D eigenvalue weighted by atomic mass is 32.2. The van der Waals surface area contributed by atoms with Gasteiger partial charge in [-0.2, -0.15) is 4.31 Å². The minimum Gasteiger partial charge on any atom is -0.355 e. The zero-order chi connectivity index (χ0) is 28.5. The van der Waals surface area contributed by atoms with Gasteiger partial charge in [0.25, 0.3) is 11.8 Å². The molecule has 1 unspecified atom stereocenters. The number of benzene rings is 3. The Morgan fingerprint density at radius 3 is 2.59 bits per heavy atom. The summed E-state index contributed by atoms with van der Waals surface area (Å²) in [4.78, 5) is 39.2. The molecule has 3 aromatic carbocycles. The molecule has 0 bridgehead atoms. The molecule has 10 heteroatoms. The Morgan fingerprint density at radius 1 is 1.00 bits per heavy atom. The van der Waals surface area contributed by atoms with Gasteiger partial charge in [0.15, 0.2) is 0 Å². The smallest absolute Gasteiger partial charge is 0.259 e. The summed E-state index contributed by atoms with van der Waals surface area (Å²) < 4.78 is 27.7. The Morgan fingerprint density at radius 2 is 1.76 bits per heavy atom. The van der Waals surface area contributed by atoms with Crippen molar-refractivity contribution in [3.63, 3.8) is 0 Å². The third kappa shape index (κ3) is 3.99. The van der Waals surface area contributed by atoms with Crippen molar-refractivity contribution in [3.8, 4) is 11.1 Å². The van der Waals surface area contributed by atoms with Crippen molar-refractivity contribution in [1.82, 2.24) is 19.5 Å². The number of sulfonamides is 1. The fraction of sp³-hybridized carbons (Fsp3) is 0.323. The molecule has 4 aromatic rings. The summed E-state index contributed by atoms with van der Waals surface area (Å²) in [5.74, 6) is -0.967. The maximum atomic E-state index is 13.2. The first-order chi connectivity index (χ1) is 19.8. The molecule has 210 valence electrons. The zero-order valence-corrected chi connectivity index (χ0v) is 23.5. The highest BCUT2D eigenvalue weighted by Crippen LogP contribution is 2.47. The van der Waals surface area contributed by atoms with Crippen molar-refractivity contribution >= 4 is 49.6 Å². The molecule has 41 heavy (non-hydrogen) atoms. The standard InChI is InChI=1S/C31H30N4O5S/c1-41(39,40)35-17-6-12-23(35)29(36)32-15-7-16-34-22-11-5-4-10-20(22)25-27-26(30(37)33-31(27)38)21-14-13-18-8-2-3-9-19(18)24(21)28(25)34/h2-5,8-11,23H,6-7,12-17H2,1H3,(H,32,36)(H,33,37,38). The van der Waals surface area contributed by atoms with Crippen LogP contribution in [0.15, 0.2) is 48.5 Å². The number of aromatic nitrogens is 1. The Kier molecular flexibility index (Phi) is 6.02. The van der Waals surface area contributed by atoms with E-state index in [0.29, 0.717) is 56.4 Å². The number of hydrogen-bond acceptors (Lipinski definition) is 5. The minimum absolute atomic E-state index is 0.269. The number of hydrogen-bond donors (Lipinski definition) is 2. The molecule has 3 aliphatic rings. The van der Waals surface area contributed by atoms with Crippen LogP contribution in [0.2, 0.25) is 0 Å². The molecular formula is C31H30N4O5S. The fourth-order valence-electron chi connectivity index (χ4n) is 7.05. The number of imide groups is 1. The molecule has 0 radical (unpaired) electrons. The SMILES string of the molecule is CS(=O)(=O)N1CCCC1C(=O)NCCCn1c2ccccc2c2c3c(c4c(c21)-c1ccccc1CC4)C(=O)NC3=O. The summed E-state index contributed by atoms with van der Waals surface area (Å²) in [6.07, 6.45) is 4.39. The van der Waals surface area contributed by atoms with Crippen LogP contribution in [-0.2, 0) is 34.2 Å². The molecule has 7 rings (SSSR count). The van der Waals surface area contributed by atoms with Gasteiger partial charge < -0.3 is 9.88 Å². The minimum atomic E-state index is -3.45. The van der Waals surface area contributed by atoms with Crippen molar-refractivity contribution in [2.24, 2.45) is 0 Å². The van der Waals surface area contributed by atoms with E-state index in [0.717, 1.165) is 51.2 Å². The van der Waals surface area contributed by atoms with E-state index in [4.69, 9.17) is 0 Å². The van der Waals surface area contributed by atoms with Crippen LogP contribution in [-0.4, -0.2) is 60.4 Å². The van der Waals surface area contributed by atoms with Crippen LogP contribution >= 0.6 is 0 Å². The summed E-state index contributed by atoms with van der Waals surface area (Å²) in [6, 6.07) is 15.5. The lowest BCUT2D eigenvalue weighted by atomic mass is 9.80. The molecule has 1 aliphatic carbocycles. The highest BCUT2D eigenvalue weighted by Gasteiger charge is 2.38. The van der Waals surface area contributed by atoms with Crippen molar-refractivity contribution in [2.45, 2.75) is 44.7 Å². The molecule has 1 fully saturated rings. The predicted molar refractivity (Wildman–Crippen MR) is 156 cm³/mol. The summed E-state index contributed by atoms with van der Waals surface area (Å²) in [7, 11) is -3.45. The van der Waals surface area contributed by atoms with Crippen molar-refractivity contribution in [2.75, 3.05) is 19.3 Å². The largest absolute Gasteiger partial charge is 0.355 e. The number of carbonyl (C=O) groups excluding carboxylic acids is 3. The van der Waals surface area contributed by atoms with E-state index >= 15 is 0 Å². The zero-order valence-electron chi connectivity index (χ0n) is 22.7. The molecule has 2 N–H and O–H groups in total. The number of aryl methyl sites for hydroxylation is 2. The molecule has 3 heterocycles. The van der Waals surface area contributed by atoms with Gasteiger partial charge in [-0.1, -0.05) is 42.5 Å². The van der Waals surface area contributed by atoms with E-state index in [1.807, 2.05) is 36.4 Å². The lowest BCUT2D eigenvalue weighted by molar-refractivity contribution is -0.124. The number of rotatable bonds is 6. The van der Waals surface area contributed by atoms with Crippen molar-refractivity contribution < 1.29 is 22.8 Å². The van der Waals surface area contributed by atoms with E-state index in [9.17, 15) is 22.8 Å². The molecule has 1 atom stereocenters. The lowest BCUT2D eigenvalue weighted by Gasteiger charge is -2.24. The second-order valence-corrected chi connectivity index (χ2v) is 13.0. The highest BCUT2D eigenvalue weighted by molar-refractivity contribution is 7.88. The molecule has 0 saturated carbocycles. The number of fused-ring (bicyclic) bond motifs is 10. The van der Waals surface area contributed by atoms with E-state index in [2.05, 4.69) is 27.3 Å². The van der Waals surface area contributed by atoms with E-state index < -0.39 is 16.1 Å². The van der Waals surface area contributed by atoms with E-state index in [1.165, 1.54) is 9.87 Å². The average Bonchev–Trinajstić information content (AvgIpc) is 3.65. The van der Waals surface area contributed by atoms with Crippen LogP contribution in [0.25, 0.3) is 32.9 Å². The van der Waals surface area contributed by atoms with Gasteiger partial charge in [0.05, 0.1) is 22.9 Å². The Bertz CT molecular complexity index is 1910. The van der Waals surface area contributed by atoms with Crippen molar-refractivity contribution in [1.29, 1.82) is 0 Å². The molecule has 1 aromatic heterocycles. The van der Waals surface area contributed by atoms with Gasteiger partial charge in [-0.25, -0.2) is 8.42 Å². The van der Waals surface area contributed by atoms with E-state index in [-0.39, 0.29) is 17.7 Å². The second-order valence-electron chi connectivity index (χ2n) is 11.1. The summed E-state index contributed by atoms with van der Waals surface area (Å²) in [6.45, 7) is 1.31. The summed E-state index contributed by atoms with van der Waals surface area (Å²) >= 11 is 0. The maximum Gasteiger partial charge on any atom is 0.259 e. The first-order valence-electron chi connectivity index (χ1n) is 14.0. The number of amides is 3. The van der Waals surface area contributed by atoms with E-state index in [1.54, 1.807) is 0 Å². The summed E-state index contributed by atoms with van der Waals surface area (Å²) in [5.41, 5.74) is 7.04. The molecule has 3 amide bonds. The monoisotopic (exact) mass is 570 g/mol. The molecule has 9 nitrogen and oxygen atoms in total. The number of carbonyl (C=O) groups is 3. The molecule has 2 aliphatic heterocycles. The van der Waals surface area contributed by atoms with Gasteiger partial charge >= 0.3 is 0 Å². The molecular weight excluding hydrogens is 540 g/mol. The Labute approximate surface area is 237 Å². The Hall–Kier alpha value is -4.02. The lowest BCUT2D eigenvalue weighted by Crippen LogP contribution is -2.45. The quantitative estimate of drug-likeness (QED) is 0.272. The Balaban J connectivity index is 1.31. The third-order valence-corrected chi connectivity index (χ3v) is 10.0. The van der Waals surface area contributed by atoms with Crippen molar-refractivity contribution in [3.05, 3.63) is 70.8 Å². The number of nitrogens with zero attached hydrogens (tertiary/aromatic N) is 2. The maximum absolute atomic E-state index is 13.2. The molecule has 0 spiro atoms. The van der Waals surface area contributed by atoms with Gasteiger partial charge in [-0.05, 0) is 54.9 Å². The van der Waals surface area contributed by atoms with Gasteiger partial charge in [-0.15, -0.1) is 0 Å². The van der Waals surface area contributed by atoms with Crippen LogP contribution in [0.4, 0.5) is 0 Å². The molecule has 1 saturated heterocycles. The number of para-hydroxylation sites is 1. The van der Waals surface area contributed by atoms with Gasteiger partial charge in [0.1, 0.15) is 6.04 Å². The van der Waals surface area contributed by atoms with Crippen LogP contribution in [0.1, 0.15) is 51.1 Å². The van der Waals surface area contributed by atoms with Crippen LogP contribution in [0, 0.1) is 0 Å². The number of nitrogens with one attached hydrogen (secondary N) is 2. The first kappa shape index (κ1) is 25.9. The normalized spacial score (nSPS) is 18.4. The van der Waals surface area contributed by atoms with Crippen LogP contribution in [0.5, 0.6) is 0 Å². The average molecular weight is 571 g/mol. The second kappa shape index (κ2) is 9.53. The first-order valence-corrected chi connectivity index (χ1v) is 15.9. The predicted octanol–water partition coefficient (Wildman–Crippen LogP) is 3.37. The van der Waals surface area contributed by atoms with Gasteiger partial charge in [-0.3, -0.25) is 19.7 Å². The van der Waals surface area contributed by atoms with Gasteiger partial charge in [0.2, 0.25) is 15.9 Å².